The van der Waals surface area contributed by atoms with Crippen molar-refractivity contribution < 1.29 is 14.5 Å². The number of nitro benzene ring substituents is 1. The Hall–Kier alpha value is -7.45. The number of anilines is 2. The van der Waals surface area contributed by atoms with Crippen molar-refractivity contribution in [2.75, 3.05) is 11.1 Å². The number of nitrogens with two attached hydrogens (primary N) is 1. The summed E-state index contributed by atoms with van der Waals surface area (Å²) in [6.45, 7) is 0. The minimum absolute atomic E-state index is 0.00917. The predicted molar refractivity (Wildman–Crippen MR) is 190 cm³/mol. The Morgan fingerprint density at radius 3 is 2.30 bits per heavy atom. The number of H-pyrrole nitrogens is 1. The zero-order valence-electron chi connectivity index (χ0n) is 26.1. The van der Waals surface area contributed by atoms with Gasteiger partial charge in [-0.2, -0.15) is 5.26 Å². The van der Waals surface area contributed by atoms with Gasteiger partial charge >= 0.3 is 0 Å². The van der Waals surface area contributed by atoms with Gasteiger partial charge in [-0.05, 0) is 48.0 Å². The lowest BCUT2D eigenvalue weighted by atomic mass is 9.98. The monoisotopic (exact) mass is 655 g/mol. The average Bonchev–Trinajstić information content (AvgIpc) is 3.58. The Kier molecular flexibility index (Phi) is 8.09. The van der Waals surface area contributed by atoms with E-state index in [9.17, 15) is 25.0 Å². The molecule has 7 aromatic rings. The standard InChI is InChI=1S/C39H25N7O4/c40-22-32-31(25-9-6-10-28(19-25)46(49)50)21-34(43-37(32)41)23-13-16-27(17-14-23)42-39(48)30-12-5-4-11-29(30)38-44-33-18-15-26(20-35(33)45-38)36(47)24-7-2-1-3-8-24/h1-21H,(H2,41,43)(H,42,48)(H,44,45). The molecule has 0 aliphatic carbocycles. The van der Waals surface area contributed by atoms with Gasteiger partial charge in [0.15, 0.2) is 5.78 Å². The number of rotatable bonds is 8. The van der Waals surface area contributed by atoms with Crippen LogP contribution in [-0.4, -0.2) is 31.6 Å². The number of nitrogens with one attached hydrogen (secondary N) is 2. The highest BCUT2D eigenvalue weighted by Crippen LogP contribution is 2.33. The first kappa shape index (κ1) is 31.2. The molecule has 0 aliphatic rings. The molecule has 0 atom stereocenters. The molecule has 0 saturated carbocycles. The van der Waals surface area contributed by atoms with Gasteiger partial charge in [0, 0.05) is 45.6 Å². The Balaban J connectivity index is 1.14. The van der Waals surface area contributed by atoms with E-state index in [0.717, 1.165) is 5.52 Å². The molecule has 11 nitrogen and oxygen atoms in total. The van der Waals surface area contributed by atoms with E-state index in [0.29, 0.717) is 61.7 Å². The number of aromatic nitrogens is 3. The normalized spacial score (nSPS) is 10.8. The molecule has 0 radical (unpaired) electrons. The highest BCUT2D eigenvalue weighted by Gasteiger charge is 2.19. The Bertz CT molecular complexity index is 2500. The number of amides is 1. The molecular formula is C39H25N7O4. The van der Waals surface area contributed by atoms with E-state index < -0.39 is 4.92 Å². The van der Waals surface area contributed by atoms with Crippen LogP contribution in [0.25, 0.3) is 44.8 Å². The molecule has 0 spiro atoms. The van der Waals surface area contributed by atoms with Gasteiger partial charge in [0.25, 0.3) is 11.6 Å². The highest BCUT2D eigenvalue weighted by molar-refractivity contribution is 6.11. The lowest BCUT2D eigenvalue weighted by Crippen LogP contribution is -2.13. The molecule has 0 unspecified atom stereocenters. The van der Waals surface area contributed by atoms with Crippen molar-refractivity contribution in [1.82, 2.24) is 15.0 Å². The number of hydrogen-bond donors (Lipinski definition) is 3. The fourth-order valence-electron chi connectivity index (χ4n) is 5.69. The summed E-state index contributed by atoms with van der Waals surface area (Å²) in [5.41, 5.74) is 12.0. The van der Waals surface area contributed by atoms with Crippen molar-refractivity contribution in [3.05, 3.63) is 160 Å². The third-order valence-electron chi connectivity index (χ3n) is 8.17. The van der Waals surface area contributed by atoms with Crippen molar-refractivity contribution in [2.24, 2.45) is 0 Å². The number of fused-ring (bicyclic) bond motifs is 1. The second-order valence-electron chi connectivity index (χ2n) is 11.3. The van der Waals surface area contributed by atoms with E-state index in [1.807, 2.05) is 30.3 Å². The summed E-state index contributed by atoms with van der Waals surface area (Å²) in [6, 6.07) is 38.0. The van der Waals surface area contributed by atoms with Crippen molar-refractivity contribution in [3.8, 4) is 39.8 Å². The zero-order chi connectivity index (χ0) is 34.8. The van der Waals surface area contributed by atoms with E-state index in [-0.39, 0.29) is 28.8 Å². The van der Waals surface area contributed by atoms with Gasteiger partial charge in [-0.1, -0.05) is 72.8 Å². The first-order chi connectivity index (χ1) is 24.3. The molecule has 240 valence electrons. The second kappa shape index (κ2) is 13.0. The number of non-ortho nitro benzene ring substituents is 1. The van der Waals surface area contributed by atoms with Gasteiger partial charge in [-0.3, -0.25) is 19.7 Å². The van der Waals surface area contributed by atoms with Crippen molar-refractivity contribution >= 4 is 39.9 Å². The van der Waals surface area contributed by atoms with Crippen LogP contribution in [0.5, 0.6) is 0 Å². The number of benzene rings is 5. The SMILES string of the molecule is N#Cc1c(-c2cccc([N+](=O)[O-])c2)cc(-c2ccc(NC(=O)c3ccccc3-c3nc4cc(C(=O)c5ccccc5)ccc4[nH]3)cc2)nc1N. The summed E-state index contributed by atoms with van der Waals surface area (Å²) >= 11 is 0. The number of nitro groups is 1. The number of aromatic amines is 1. The summed E-state index contributed by atoms with van der Waals surface area (Å²) in [4.78, 5) is 49.8. The molecule has 5 aromatic carbocycles. The van der Waals surface area contributed by atoms with Gasteiger partial charge in [-0.25, -0.2) is 9.97 Å². The number of pyridine rings is 1. The fourth-order valence-corrected chi connectivity index (χ4v) is 5.69. The van der Waals surface area contributed by atoms with Crippen LogP contribution in [0.4, 0.5) is 17.2 Å². The fraction of sp³-hybridized carbons (Fsp3) is 0. The van der Waals surface area contributed by atoms with Crippen molar-refractivity contribution in [1.29, 1.82) is 5.26 Å². The molecule has 0 fully saturated rings. The minimum Gasteiger partial charge on any atom is -0.383 e. The Labute approximate surface area is 284 Å². The summed E-state index contributed by atoms with van der Waals surface area (Å²) in [5.74, 6) is 0.00572. The molecule has 50 heavy (non-hydrogen) atoms. The molecule has 4 N–H and O–H groups in total. The quantitative estimate of drug-likeness (QED) is 0.0842. The topological polar surface area (TPSA) is 181 Å². The average molecular weight is 656 g/mol. The summed E-state index contributed by atoms with van der Waals surface area (Å²) < 4.78 is 0. The lowest BCUT2D eigenvalue weighted by molar-refractivity contribution is -0.384. The number of carbonyl (C=O) groups excluding carboxylic acids is 2. The maximum Gasteiger partial charge on any atom is 0.270 e. The maximum absolute atomic E-state index is 13.6. The van der Waals surface area contributed by atoms with Crippen molar-refractivity contribution in [2.45, 2.75) is 0 Å². The third-order valence-corrected chi connectivity index (χ3v) is 8.17. The molecule has 2 aromatic heterocycles. The van der Waals surface area contributed by atoms with Gasteiger partial charge < -0.3 is 16.0 Å². The minimum atomic E-state index is -0.505. The number of nitrogens with zero attached hydrogens (tertiary/aromatic N) is 4. The van der Waals surface area contributed by atoms with Gasteiger partial charge in [0.05, 0.1) is 27.2 Å². The van der Waals surface area contributed by atoms with E-state index in [1.165, 1.54) is 12.1 Å². The van der Waals surface area contributed by atoms with E-state index >= 15 is 0 Å². The molecule has 0 aliphatic heterocycles. The second-order valence-corrected chi connectivity index (χ2v) is 11.3. The van der Waals surface area contributed by atoms with Gasteiger partial charge in [0.1, 0.15) is 23.3 Å². The molecule has 7 rings (SSSR count). The van der Waals surface area contributed by atoms with E-state index in [1.54, 1.807) is 91.0 Å². The maximum atomic E-state index is 13.6. The van der Waals surface area contributed by atoms with Gasteiger partial charge in [-0.15, -0.1) is 0 Å². The van der Waals surface area contributed by atoms with Gasteiger partial charge in [0.2, 0.25) is 0 Å². The zero-order valence-corrected chi connectivity index (χ0v) is 26.1. The number of ketones is 1. The molecular weight excluding hydrogens is 630 g/mol. The molecule has 2 heterocycles. The largest absolute Gasteiger partial charge is 0.383 e. The number of nitriles is 1. The van der Waals surface area contributed by atoms with Crippen LogP contribution >= 0.6 is 0 Å². The molecule has 0 saturated heterocycles. The van der Waals surface area contributed by atoms with Crippen molar-refractivity contribution in [3.63, 3.8) is 0 Å². The number of hydrogen-bond acceptors (Lipinski definition) is 8. The van der Waals surface area contributed by atoms with E-state index in [2.05, 4.69) is 15.3 Å². The highest BCUT2D eigenvalue weighted by atomic mass is 16.6. The number of nitrogen functional groups attached to an aromatic ring is 1. The van der Waals surface area contributed by atoms with E-state index in [4.69, 9.17) is 10.7 Å². The first-order valence-electron chi connectivity index (χ1n) is 15.3. The third kappa shape index (κ3) is 6.03. The predicted octanol–water partition coefficient (Wildman–Crippen LogP) is 7.80. The lowest BCUT2D eigenvalue weighted by Gasteiger charge is -2.12. The molecule has 11 heteroatoms. The molecule has 0 bridgehead atoms. The van der Waals surface area contributed by atoms with Crippen LogP contribution in [-0.2, 0) is 0 Å². The van der Waals surface area contributed by atoms with Crippen LogP contribution in [0.15, 0.2) is 127 Å². The van der Waals surface area contributed by atoms with Crippen LogP contribution < -0.4 is 11.1 Å². The smallest absolute Gasteiger partial charge is 0.270 e. The summed E-state index contributed by atoms with van der Waals surface area (Å²) in [7, 11) is 0. The first-order valence-corrected chi connectivity index (χ1v) is 15.3. The summed E-state index contributed by atoms with van der Waals surface area (Å²) in [5, 5.41) is 24.0. The van der Waals surface area contributed by atoms with Crippen LogP contribution in [0, 0.1) is 21.4 Å². The summed E-state index contributed by atoms with van der Waals surface area (Å²) in [6.07, 6.45) is 0. The van der Waals surface area contributed by atoms with Crippen LogP contribution in [0.1, 0.15) is 31.8 Å². The molecule has 1 amide bonds. The number of carbonyl (C=O) groups is 2. The van der Waals surface area contributed by atoms with Crippen LogP contribution in [0.3, 0.4) is 0 Å². The van der Waals surface area contributed by atoms with Crippen LogP contribution in [0.2, 0.25) is 0 Å². The Morgan fingerprint density at radius 2 is 1.54 bits per heavy atom. The number of imidazole rings is 1. The Morgan fingerprint density at radius 1 is 0.780 bits per heavy atom.